The Kier molecular flexibility index (Phi) is 7.08. The van der Waals surface area contributed by atoms with Crippen LogP contribution in [0.3, 0.4) is 0 Å². The van der Waals surface area contributed by atoms with E-state index in [1.807, 2.05) is 18.4 Å². The molecule has 0 spiro atoms. The minimum Gasteiger partial charge on any atom is -0.483 e. The van der Waals surface area contributed by atoms with E-state index in [1.165, 1.54) is 24.2 Å². The maximum atomic E-state index is 12.3. The Labute approximate surface area is 172 Å². The molecule has 1 aromatic carbocycles. The Hall–Kier alpha value is -1.92. The Morgan fingerprint density at radius 2 is 2.11 bits per heavy atom. The summed E-state index contributed by atoms with van der Waals surface area (Å²) >= 11 is 1.47. The summed E-state index contributed by atoms with van der Waals surface area (Å²) in [6, 6.07) is 6.13. The van der Waals surface area contributed by atoms with E-state index < -0.39 is 0 Å². The molecule has 1 fully saturated rings. The summed E-state index contributed by atoms with van der Waals surface area (Å²) < 4.78 is 5.81. The number of piperidine rings is 1. The first kappa shape index (κ1) is 20.8. The van der Waals surface area contributed by atoms with Gasteiger partial charge in [-0.2, -0.15) is 0 Å². The summed E-state index contributed by atoms with van der Waals surface area (Å²) in [5.74, 6) is 1.78. The number of thiazole rings is 1. The number of carbonyl (C=O) groups is 1. The van der Waals surface area contributed by atoms with Crippen molar-refractivity contribution >= 4 is 22.4 Å². The molecule has 1 aromatic heterocycles. The van der Waals surface area contributed by atoms with Crippen LogP contribution in [-0.4, -0.2) is 35.5 Å². The predicted molar refractivity (Wildman–Crippen MR) is 115 cm³/mol. The highest BCUT2D eigenvalue weighted by Gasteiger charge is 2.17. The highest BCUT2D eigenvalue weighted by molar-refractivity contribution is 7.13. The second-order valence-electron chi connectivity index (χ2n) is 8.14. The van der Waals surface area contributed by atoms with Crippen LogP contribution in [0.2, 0.25) is 0 Å². The number of carbonyl (C=O) groups excluding carboxylic acids is 1. The van der Waals surface area contributed by atoms with Crippen molar-refractivity contribution in [1.29, 1.82) is 0 Å². The lowest BCUT2D eigenvalue weighted by Crippen LogP contribution is -2.32. The first-order valence-corrected chi connectivity index (χ1v) is 11.0. The van der Waals surface area contributed by atoms with Gasteiger partial charge in [-0.3, -0.25) is 15.0 Å². The first-order chi connectivity index (χ1) is 13.4. The van der Waals surface area contributed by atoms with E-state index in [2.05, 4.69) is 48.1 Å². The van der Waals surface area contributed by atoms with E-state index >= 15 is 0 Å². The Bertz CT molecular complexity index is 795. The minimum atomic E-state index is -0.177. The number of hydrogen-bond acceptors (Lipinski definition) is 5. The molecule has 1 aliphatic rings. The summed E-state index contributed by atoms with van der Waals surface area (Å²) in [4.78, 5) is 19.3. The molecule has 2 heterocycles. The van der Waals surface area contributed by atoms with Gasteiger partial charge in [0.05, 0.1) is 5.69 Å². The summed E-state index contributed by atoms with van der Waals surface area (Å²) in [5, 5.41) is 5.54. The molecule has 0 saturated carbocycles. The van der Waals surface area contributed by atoms with Crippen LogP contribution in [0.25, 0.3) is 0 Å². The number of ether oxygens (including phenoxy) is 1. The summed E-state index contributed by atoms with van der Waals surface area (Å²) in [5.41, 5.74) is 3.26. The highest BCUT2D eigenvalue weighted by atomic mass is 32.1. The van der Waals surface area contributed by atoms with E-state index in [-0.39, 0.29) is 12.5 Å². The number of aromatic nitrogens is 1. The zero-order valence-corrected chi connectivity index (χ0v) is 18.1. The molecule has 2 aromatic rings. The third-order valence-corrected chi connectivity index (χ3v) is 6.02. The number of nitrogens with one attached hydrogen (secondary N) is 1. The fraction of sp³-hybridized carbons (Fsp3) is 0.545. The Balaban J connectivity index is 1.50. The topological polar surface area (TPSA) is 54.5 Å². The molecule has 28 heavy (non-hydrogen) atoms. The summed E-state index contributed by atoms with van der Waals surface area (Å²) in [6.45, 7) is 11.7. The van der Waals surface area contributed by atoms with Crippen LogP contribution in [0.4, 0.5) is 5.13 Å². The molecule has 0 atom stereocenters. The van der Waals surface area contributed by atoms with Crippen LogP contribution in [0, 0.1) is 12.8 Å². The largest absolute Gasteiger partial charge is 0.483 e. The van der Waals surface area contributed by atoms with Gasteiger partial charge in [0.2, 0.25) is 0 Å². The predicted octanol–water partition coefficient (Wildman–Crippen LogP) is 4.82. The van der Waals surface area contributed by atoms with E-state index in [9.17, 15) is 4.79 Å². The fourth-order valence-corrected chi connectivity index (χ4v) is 4.15. The van der Waals surface area contributed by atoms with Crippen LogP contribution < -0.4 is 10.1 Å². The van der Waals surface area contributed by atoms with Crippen molar-refractivity contribution in [2.75, 3.05) is 25.0 Å². The second-order valence-corrected chi connectivity index (χ2v) is 8.99. The first-order valence-electron chi connectivity index (χ1n) is 10.1. The van der Waals surface area contributed by atoms with Gasteiger partial charge in [-0.25, -0.2) is 4.98 Å². The molecule has 3 rings (SSSR count). The molecule has 5 nitrogen and oxygen atoms in total. The monoisotopic (exact) mass is 401 g/mol. The van der Waals surface area contributed by atoms with Gasteiger partial charge < -0.3 is 4.74 Å². The van der Waals surface area contributed by atoms with Gasteiger partial charge in [-0.15, -0.1) is 11.3 Å². The minimum absolute atomic E-state index is 0.0118. The lowest BCUT2D eigenvalue weighted by molar-refractivity contribution is -0.118. The number of anilines is 1. The van der Waals surface area contributed by atoms with Gasteiger partial charge in [0, 0.05) is 11.9 Å². The quantitative estimate of drug-likeness (QED) is 0.722. The van der Waals surface area contributed by atoms with Gasteiger partial charge in [0.15, 0.2) is 11.7 Å². The lowest BCUT2D eigenvalue weighted by Gasteiger charge is -2.29. The molecule has 1 amide bonds. The zero-order valence-electron chi connectivity index (χ0n) is 17.3. The molecule has 0 aliphatic carbocycles. The smallest absolute Gasteiger partial charge is 0.264 e. The highest BCUT2D eigenvalue weighted by Crippen LogP contribution is 2.27. The third-order valence-electron chi connectivity index (χ3n) is 5.21. The number of benzene rings is 1. The van der Waals surface area contributed by atoms with Crippen LogP contribution >= 0.6 is 11.3 Å². The van der Waals surface area contributed by atoms with Crippen molar-refractivity contribution in [3.8, 4) is 5.75 Å². The van der Waals surface area contributed by atoms with Gasteiger partial charge in [-0.1, -0.05) is 32.9 Å². The summed E-state index contributed by atoms with van der Waals surface area (Å²) in [7, 11) is 0. The van der Waals surface area contributed by atoms with Crippen molar-refractivity contribution in [3.05, 3.63) is 40.4 Å². The number of amides is 1. The Morgan fingerprint density at radius 3 is 2.82 bits per heavy atom. The van der Waals surface area contributed by atoms with Crippen LogP contribution in [0.1, 0.15) is 56.4 Å². The lowest BCUT2D eigenvalue weighted by atomic mass is 9.99. The number of hydrogen-bond donors (Lipinski definition) is 1. The van der Waals surface area contributed by atoms with Crippen molar-refractivity contribution in [1.82, 2.24) is 9.88 Å². The van der Waals surface area contributed by atoms with Crippen molar-refractivity contribution in [3.63, 3.8) is 0 Å². The Morgan fingerprint density at radius 1 is 1.36 bits per heavy atom. The van der Waals surface area contributed by atoms with Crippen LogP contribution in [0.15, 0.2) is 23.6 Å². The molecule has 0 radical (unpaired) electrons. The average Bonchev–Trinajstić information content (AvgIpc) is 3.08. The van der Waals surface area contributed by atoms with E-state index in [0.29, 0.717) is 11.0 Å². The fourth-order valence-electron chi connectivity index (χ4n) is 3.43. The number of aryl methyl sites for hydroxylation is 1. The number of nitrogens with zero attached hydrogens (tertiary/aromatic N) is 2. The molecule has 1 N–H and O–H groups in total. The second kappa shape index (κ2) is 9.52. The molecule has 6 heteroatoms. The van der Waals surface area contributed by atoms with Crippen molar-refractivity contribution in [2.24, 2.45) is 5.92 Å². The van der Waals surface area contributed by atoms with Crippen LogP contribution in [0.5, 0.6) is 5.75 Å². The molecule has 152 valence electrons. The summed E-state index contributed by atoms with van der Waals surface area (Å²) in [6.07, 6.45) is 2.50. The van der Waals surface area contributed by atoms with Gasteiger partial charge in [0.1, 0.15) is 5.75 Å². The molecule has 0 unspecified atom stereocenters. The van der Waals surface area contributed by atoms with Gasteiger partial charge in [0.25, 0.3) is 5.91 Å². The molecule has 1 saturated heterocycles. The maximum Gasteiger partial charge on any atom is 0.264 e. The van der Waals surface area contributed by atoms with E-state index in [4.69, 9.17) is 4.74 Å². The molecular formula is C22H31N3O2S. The van der Waals surface area contributed by atoms with Crippen molar-refractivity contribution < 1.29 is 9.53 Å². The van der Waals surface area contributed by atoms with Gasteiger partial charge >= 0.3 is 0 Å². The molecular weight excluding hydrogens is 370 g/mol. The standard InChI is InChI=1S/C22H31N3O2S/c1-15(2)19-6-5-17(4)11-20(19)27-13-21(26)24-22-23-18(14-28-22)12-25-9-7-16(3)8-10-25/h5-6,11,14-16H,7-10,12-13H2,1-4H3,(H,23,24,26). The number of rotatable bonds is 7. The third kappa shape index (κ3) is 5.79. The van der Waals surface area contributed by atoms with Crippen LogP contribution in [-0.2, 0) is 11.3 Å². The van der Waals surface area contributed by atoms with Gasteiger partial charge in [-0.05, 0) is 61.9 Å². The molecule has 1 aliphatic heterocycles. The number of likely N-dealkylation sites (tertiary alicyclic amines) is 1. The normalized spacial score (nSPS) is 15.8. The maximum absolute atomic E-state index is 12.3. The molecule has 0 bridgehead atoms. The average molecular weight is 402 g/mol. The van der Waals surface area contributed by atoms with Crippen molar-refractivity contribution in [2.45, 2.75) is 53.0 Å². The van der Waals surface area contributed by atoms with E-state index in [0.717, 1.165) is 48.1 Å². The zero-order chi connectivity index (χ0) is 20.1. The van der Waals surface area contributed by atoms with E-state index in [1.54, 1.807) is 0 Å². The SMILES string of the molecule is Cc1ccc(C(C)C)c(OCC(=O)Nc2nc(CN3CCC(C)CC3)cs2)c1.